The average molecular weight is 390 g/mol. The zero-order valence-corrected chi connectivity index (χ0v) is 16.6. The Morgan fingerprint density at radius 2 is 2.04 bits per heavy atom. The molecule has 1 atom stereocenters. The third-order valence-electron chi connectivity index (χ3n) is 4.23. The first-order valence-electron chi connectivity index (χ1n) is 8.38. The molecule has 6 nitrogen and oxygen atoms in total. The molecule has 1 amide bonds. The predicted molar refractivity (Wildman–Crippen MR) is 103 cm³/mol. The Balaban J connectivity index is 0.00000312. The van der Waals surface area contributed by atoms with Gasteiger partial charge in [-0.3, -0.25) is 4.79 Å². The van der Waals surface area contributed by atoms with Gasteiger partial charge >= 0.3 is 0 Å². The molecule has 1 aromatic rings. The van der Waals surface area contributed by atoms with Gasteiger partial charge in [0.15, 0.2) is 0 Å². The summed E-state index contributed by atoms with van der Waals surface area (Å²) in [5, 5.41) is 0. The third kappa shape index (κ3) is 5.41. The summed E-state index contributed by atoms with van der Waals surface area (Å²) < 4.78 is 28.0. The van der Waals surface area contributed by atoms with Crippen molar-refractivity contribution < 1.29 is 13.2 Å². The molecular formula is C17H28ClN3O3S. The first kappa shape index (κ1) is 21.9. The molecule has 0 spiro atoms. The fourth-order valence-corrected chi connectivity index (χ4v) is 4.38. The Labute approximate surface area is 156 Å². The second-order valence-corrected chi connectivity index (χ2v) is 8.46. The first-order valence-corrected chi connectivity index (χ1v) is 9.86. The molecule has 1 heterocycles. The molecule has 0 radical (unpaired) electrons. The lowest BCUT2D eigenvalue weighted by atomic mass is 10.0. The van der Waals surface area contributed by atoms with E-state index in [9.17, 15) is 13.2 Å². The van der Waals surface area contributed by atoms with E-state index < -0.39 is 10.0 Å². The van der Waals surface area contributed by atoms with E-state index in [1.807, 2.05) is 13.8 Å². The van der Waals surface area contributed by atoms with Crippen molar-refractivity contribution in [3.8, 4) is 0 Å². The minimum absolute atomic E-state index is 0. The number of sulfonamides is 1. The zero-order chi connectivity index (χ0) is 17.9. The van der Waals surface area contributed by atoms with Gasteiger partial charge in [-0.05, 0) is 42.9 Å². The van der Waals surface area contributed by atoms with Crippen LogP contribution in [0.3, 0.4) is 0 Å². The van der Waals surface area contributed by atoms with E-state index in [2.05, 4.69) is 4.72 Å². The normalized spacial score (nSPS) is 15.5. The molecule has 8 heteroatoms. The molecule has 0 aliphatic carbocycles. The number of anilines is 1. The topological polar surface area (TPSA) is 92.5 Å². The van der Waals surface area contributed by atoms with Crippen LogP contribution in [0.5, 0.6) is 0 Å². The van der Waals surface area contributed by atoms with Gasteiger partial charge < -0.3 is 10.6 Å². The van der Waals surface area contributed by atoms with Crippen molar-refractivity contribution in [1.82, 2.24) is 4.72 Å². The molecule has 142 valence electrons. The van der Waals surface area contributed by atoms with Crippen molar-refractivity contribution in [1.29, 1.82) is 0 Å². The number of amides is 1. The van der Waals surface area contributed by atoms with Gasteiger partial charge in [0, 0.05) is 31.7 Å². The van der Waals surface area contributed by atoms with E-state index >= 15 is 0 Å². The zero-order valence-electron chi connectivity index (χ0n) is 15.0. The monoisotopic (exact) mass is 389 g/mol. The number of aryl methyl sites for hydroxylation is 1. The van der Waals surface area contributed by atoms with Gasteiger partial charge in [-0.1, -0.05) is 19.9 Å². The molecule has 1 aromatic carbocycles. The molecule has 0 fully saturated rings. The largest absolute Gasteiger partial charge is 0.329 e. The van der Waals surface area contributed by atoms with Gasteiger partial charge in [0.25, 0.3) is 0 Å². The van der Waals surface area contributed by atoms with Crippen LogP contribution in [0.1, 0.15) is 39.2 Å². The minimum atomic E-state index is -3.67. The summed E-state index contributed by atoms with van der Waals surface area (Å²) >= 11 is 0. The van der Waals surface area contributed by atoms with E-state index in [0.29, 0.717) is 24.6 Å². The second-order valence-electron chi connectivity index (χ2n) is 6.75. The SMILES string of the molecule is CC(=O)N1CCCc2ccc(S(=O)(=O)NC(CN)CC(C)C)cc21.Cl. The quantitative estimate of drug-likeness (QED) is 0.778. The Bertz CT molecular complexity index is 707. The van der Waals surface area contributed by atoms with Crippen LogP contribution in [-0.2, 0) is 21.2 Å². The van der Waals surface area contributed by atoms with Crippen LogP contribution in [0, 0.1) is 5.92 Å². The first-order chi connectivity index (χ1) is 11.2. The fourth-order valence-electron chi connectivity index (χ4n) is 3.10. The van der Waals surface area contributed by atoms with Gasteiger partial charge in [-0.15, -0.1) is 12.4 Å². The molecule has 0 saturated heterocycles. The molecule has 1 aliphatic heterocycles. The maximum atomic E-state index is 12.7. The lowest BCUT2D eigenvalue weighted by Crippen LogP contribution is -2.41. The average Bonchev–Trinajstić information content (AvgIpc) is 2.52. The van der Waals surface area contributed by atoms with Crippen LogP contribution in [0.2, 0.25) is 0 Å². The molecule has 0 saturated carbocycles. The Kier molecular flexibility index (Phi) is 7.87. The highest BCUT2D eigenvalue weighted by Gasteiger charge is 2.25. The summed E-state index contributed by atoms with van der Waals surface area (Å²) in [5.41, 5.74) is 7.41. The summed E-state index contributed by atoms with van der Waals surface area (Å²) in [6.07, 6.45) is 2.42. The standard InChI is InChI=1S/C17H27N3O3S.ClH/c1-12(2)9-15(11-18)19-24(22,23)16-7-6-14-5-4-8-20(13(3)21)17(14)10-16;/h6-7,10,12,15,19H,4-5,8-9,11,18H2,1-3H3;1H. The van der Waals surface area contributed by atoms with Crippen molar-refractivity contribution in [3.05, 3.63) is 23.8 Å². The number of rotatable bonds is 6. The number of nitrogens with zero attached hydrogens (tertiary/aromatic N) is 1. The van der Waals surface area contributed by atoms with Crippen molar-refractivity contribution in [3.63, 3.8) is 0 Å². The van der Waals surface area contributed by atoms with E-state index in [1.165, 1.54) is 6.92 Å². The highest BCUT2D eigenvalue weighted by molar-refractivity contribution is 7.89. The number of nitrogens with one attached hydrogen (secondary N) is 1. The van der Waals surface area contributed by atoms with Gasteiger partial charge in [-0.2, -0.15) is 0 Å². The number of halogens is 1. The maximum absolute atomic E-state index is 12.7. The van der Waals surface area contributed by atoms with Gasteiger partial charge in [0.05, 0.1) is 4.90 Å². The van der Waals surface area contributed by atoms with Crippen molar-refractivity contribution in [2.45, 2.75) is 51.0 Å². The van der Waals surface area contributed by atoms with Gasteiger partial charge in [-0.25, -0.2) is 13.1 Å². The highest BCUT2D eigenvalue weighted by atomic mass is 35.5. The van der Waals surface area contributed by atoms with Crippen molar-refractivity contribution in [2.75, 3.05) is 18.0 Å². The summed E-state index contributed by atoms with van der Waals surface area (Å²) in [6, 6.07) is 4.71. The van der Waals surface area contributed by atoms with E-state index in [-0.39, 0.29) is 35.8 Å². The predicted octanol–water partition coefficient (Wildman–Crippen LogP) is 2.06. The summed E-state index contributed by atoms with van der Waals surface area (Å²) in [5.74, 6) is 0.274. The lowest BCUT2D eigenvalue weighted by molar-refractivity contribution is -0.116. The smallest absolute Gasteiger partial charge is 0.240 e. The number of fused-ring (bicyclic) bond motifs is 1. The number of hydrogen-bond donors (Lipinski definition) is 2. The lowest BCUT2D eigenvalue weighted by Gasteiger charge is -2.29. The number of nitrogens with two attached hydrogens (primary N) is 1. The number of carbonyl (C=O) groups is 1. The highest BCUT2D eigenvalue weighted by Crippen LogP contribution is 2.30. The van der Waals surface area contributed by atoms with Crippen LogP contribution >= 0.6 is 12.4 Å². The van der Waals surface area contributed by atoms with E-state index in [0.717, 1.165) is 18.4 Å². The molecule has 0 aromatic heterocycles. The molecule has 1 unspecified atom stereocenters. The molecular weight excluding hydrogens is 362 g/mol. The summed E-state index contributed by atoms with van der Waals surface area (Å²) in [6.45, 7) is 6.43. The Hall–Kier alpha value is -1.15. The number of hydrogen-bond acceptors (Lipinski definition) is 4. The van der Waals surface area contributed by atoms with Crippen molar-refractivity contribution in [2.24, 2.45) is 11.7 Å². The van der Waals surface area contributed by atoms with Crippen LogP contribution in [0.15, 0.2) is 23.1 Å². The number of carbonyl (C=O) groups excluding carboxylic acids is 1. The summed E-state index contributed by atoms with van der Waals surface area (Å²) in [7, 11) is -3.67. The Morgan fingerprint density at radius 1 is 1.36 bits per heavy atom. The molecule has 1 aliphatic rings. The van der Waals surface area contributed by atoms with Gasteiger partial charge in [0.1, 0.15) is 0 Å². The molecule has 25 heavy (non-hydrogen) atoms. The van der Waals surface area contributed by atoms with Crippen LogP contribution < -0.4 is 15.4 Å². The van der Waals surface area contributed by atoms with Crippen LogP contribution in [-0.4, -0.2) is 33.5 Å². The minimum Gasteiger partial charge on any atom is -0.329 e. The second kappa shape index (κ2) is 8.98. The van der Waals surface area contributed by atoms with Crippen molar-refractivity contribution >= 4 is 34.0 Å². The third-order valence-corrected chi connectivity index (χ3v) is 5.75. The summed E-state index contributed by atoms with van der Waals surface area (Å²) in [4.78, 5) is 13.6. The van der Waals surface area contributed by atoms with Crippen LogP contribution in [0.4, 0.5) is 5.69 Å². The van der Waals surface area contributed by atoms with E-state index in [1.54, 1.807) is 23.1 Å². The molecule has 0 bridgehead atoms. The fraction of sp³-hybridized carbons (Fsp3) is 0.588. The van der Waals surface area contributed by atoms with Gasteiger partial charge in [0.2, 0.25) is 15.9 Å². The Morgan fingerprint density at radius 3 is 2.60 bits per heavy atom. The molecule has 3 N–H and O–H groups in total. The maximum Gasteiger partial charge on any atom is 0.240 e. The van der Waals surface area contributed by atoms with Crippen LogP contribution in [0.25, 0.3) is 0 Å². The molecule has 2 rings (SSSR count). The van der Waals surface area contributed by atoms with E-state index in [4.69, 9.17) is 5.73 Å². The number of benzene rings is 1.